The van der Waals surface area contributed by atoms with Gasteiger partial charge >= 0.3 is 0 Å². The Morgan fingerprint density at radius 1 is 1.00 bits per heavy atom. The first-order chi connectivity index (χ1) is 11.2. The molecule has 1 aromatic heterocycles. The van der Waals surface area contributed by atoms with Crippen LogP contribution in [0.25, 0.3) is 11.1 Å². The fraction of sp³-hybridized carbons (Fsp3) is 0.105. The summed E-state index contributed by atoms with van der Waals surface area (Å²) >= 11 is 5.90. The standard InChI is InChI=1S/C19H16ClNO2/c1-23-18-4-2-3-15(11-18)16-7-10-19(22)21(13-16)12-14-5-8-17(20)9-6-14/h2-11,13H,12H2,1H3. The Hall–Kier alpha value is -2.52. The number of nitrogens with zero attached hydrogens (tertiary/aromatic N) is 1. The van der Waals surface area contributed by atoms with Gasteiger partial charge in [0.2, 0.25) is 0 Å². The summed E-state index contributed by atoms with van der Waals surface area (Å²) in [6.45, 7) is 0.508. The van der Waals surface area contributed by atoms with E-state index in [2.05, 4.69) is 0 Å². The van der Waals surface area contributed by atoms with Crippen molar-refractivity contribution in [2.24, 2.45) is 0 Å². The highest BCUT2D eigenvalue weighted by molar-refractivity contribution is 6.30. The van der Waals surface area contributed by atoms with Crippen LogP contribution in [0.3, 0.4) is 0 Å². The van der Waals surface area contributed by atoms with E-state index >= 15 is 0 Å². The van der Waals surface area contributed by atoms with Gasteiger partial charge in [0.25, 0.3) is 5.56 Å². The molecular weight excluding hydrogens is 310 g/mol. The van der Waals surface area contributed by atoms with Crippen molar-refractivity contribution in [2.45, 2.75) is 6.54 Å². The molecule has 2 aromatic carbocycles. The maximum atomic E-state index is 12.1. The summed E-state index contributed by atoms with van der Waals surface area (Å²) in [4.78, 5) is 12.1. The van der Waals surface area contributed by atoms with Crippen LogP contribution in [0, 0.1) is 0 Å². The summed E-state index contributed by atoms with van der Waals surface area (Å²) in [7, 11) is 1.64. The molecule has 0 aliphatic carbocycles. The van der Waals surface area contributed by atoms with Crippen LogP contribution < -0.4 is 10.3 Å². The Bertz CT molecular complexity index is 869. The van der Waals surface area contributed by atoms with Crippen molar-refractivity contribution in [3.05, 3.63) is 87.8 Å². The Kier molecular flexibility index (Phi) is 4.49. The molecule has 0 radical (unpaired) electrons. The first kappa shape index (κ1) is 15.4. The minimum absolute atomic E-state index is 0.0356. The summed E-state index contributed by atoms with van der Waals surface area (Å²) in [5.41, 5.74) is 2.97. The molecule has 0 saturated heterocycles. The zero-order chi connectivity index (χ0) is 16.2. The SMILES string of the molecule is COc1cccc(-c2ccc(=O)n(Cc3ccc(Cl)cc3)c2)c1. The van der Waals surface area contributed by atoms with E-state index < -0.39 is 0 Å². The van der Waals surface area contributed by atoms with Crippen LogP contribution in [0.15, 0.2) is 71.7 Å². The highest BCUT2D eigenvalue weighted by Gasteiger charge is 2.04. The number of halogens is 1. The summed E-state index contributed by atoms with van der Waals surface area (Å²) in [6, 6.07) is 18.7. The lowest BCUT2D eigenvalue weighted by Gasteiger charge is -2.10. The molecule has 0 bridgehead atoms. The number of ether oxygens (including phenoxy) is 1. The third kappa shape index (κ3) is 3.63. The average molecular weight is 326 g/mol. The van der Waals surface area contributed by atoms with Crippen molar-refractivity contribution in [3.8, 4) is 16.9 Å². The highest BCUT2D eigenvalue weighted by atomic mass is 35.5. The van der Waals surface area contributed by atoms with E-state index in [1.165, 1.54) is 0 Å². The van der Waals surface area contributed by atoms with Crippen LogP contribution in [0.4, 0.5) is 0 Å². The molecule has 23 heavy (non-hydrogen) atoms. The van der Waals surface area contributed by atoms with Crippen molar-refractivity contribution in [3.63, 3.8) is 0 Å². The van der Waals surface area contributed by atoms with E-state index in [0.717, 1.165) is 22.4 Å². The third-order valence-corrected chi connectivity index (χ3v) is 3.90. The summed E-state index contributed by atoms with van der Waals surface area (Å²) in [5, 5.41) is 0.686. The molecule has 4 heteroatoms. The van der Waals surface area contributed by atoms with Gasteiger partial charge in [0, 0.05) is 17.3 Å². The molecule has 0 N–H and O–H groups in total. The largest absolute Gasteiger partial charge is 0.497 e. The van der Waals surface area contributed by atoms with Gasteiger partial charge in [0.05, 0.1) is 13.7 Å². The molecule has 1 heterocycles. The van der Waals surface area contributed by atoms with Gasteiger partial charge in [0.15, 0.2) is 0 Å². The average Bonchev–Trinajstić information content (AvgIpc) is 2.59. The molecule has 0 spiro atoms. The van der Waals surface area contributed by atoms with Crippen LogP contribution in [0.1, 0.15) is 5.56 Å². The van der Waals surface area contributed by atoms with E-state index in [1.54, 1.807) is 17.7 Å². The fourth-order valence-electron chi connectivity index (χ4n) is 2.41. The lowest BCUT2D eigenvalue weighted by Crippen LogP contribution is -2.19. The van der Waals surface area contributed by atoms with Crippen LogP contribution in [0.5, 0.6) is 5.75 Å². The highest BCUT2D eigenvalue weighted by Crippen LogP contribution is 2.23. The van der Waals surface area contributed by atoms with Crippen molar-refractivity contribution in [1.29, 1.82) is 0 Å². The Morgan fingerprint density at radius 3 is 2.52 bits per heavy atom. The van der Waals surface area contributed by atoms with E-state index in [0.29, 0.717) is 11.6 Å². The number of rotatable bonds is 4. The number of methoxy groups -OCH3 is 1. The molecule has 0 fully saturated rings. The van der Waals surface area contributed by atoms with Gasteiger partial charge in [-0.25, -0.2) is 0 Å². The summed E-state index contributed by atoms with van der Waals surface area (Å²) < 4.78 is 6.95. The van der Waals surface area contributed by atoms with Crippen LogP contribution in [-0.2, 0) is 6.54 Å². The lowest BCUT2D eigenvalue weighted by atomic mass is 10.1. The van der Waals surface area contributed by atoms with Gasteiger partial charge in [-0.2, -0.15) is 0 Å². The monoisotopic (exact) mass is 325 g/mol. The molecule has 3 rings (SSSR count). The smallest absolute Gasteiger partial charge is 0.250 e. The Morgan fingerprint density at radius 2 is 1.78 bits per heavy atom. The van der Waals surface area contributed by atoms with Crippen molar-refractivity contribution in [1.82, 2.24) is 4.57 Å². The van der Waals surface area contributed by atoms with Crippen molar-refractivity contribution in [2.75, 3.05) is 7.11 Å². The minimum Gasteiger partial charge on any atom is -0.497 e. The van der Waals surface area contributed by atoms with Crippen LogP contribution in [-0.4, -0.2) is 11.7 Å². The lowest BCUT2D eigenvalue weighted by molar-refractivity contribution is 0.415. The number of pyridine rings is 1. The molecule has 0 unspecified atom stereocenters. The van der Waals surface area contributed by atoms with E-state index in [4.69, 9.17) is 16.3 Å². The Balaban J connectivity index is 1.95. The molecule has 3 aromatic rings. The predicted molar refractivity (Wildman–Crippen MR) is 93.2 cm³/mol. The molecule has 0 amide bonds. The fourth-order valence-corrected chi connectivity index (χ4v) is 2.54. The maximum Gasteiger partial charge on any atom is 0.250 e. The first-order valence-electron chi connectivity index (χ1n) is 7.25. The second kappa shape index (κ2) is 6.71. The van der Waals surface area contributed by atoms with Gasteiger partial charge in [-0.3, -0.25) is 4.79 Å². The van der Waals surface area contributed by atoms with E-state index in [-0.39, 0.29) is 5.56 Å². The van der Waals surface area contributed by atoms with E-state index in [9.17, 15) is 4.79 Å². The van der Waals surface area contributed by atoms with Gasteiger partial charge < -0.3 is 9.30 Å². The number of aromatic nitrogens is 1. The molecule has 0 atom stereocenters. The zero-order valence-corrected chi connectivity index (χ0v) is 13.5. The van der Waals surface area contributed by atoms with Crippen LogP contribution >= 0.6 is 11.6 Å². The number of benzene rings is 2. The molecule has 3 nitrogen and oxygen atoms in total. The van der Waals surface area contributed by atoms with Crippen molar-refractivity contribution >= 4 is 11.6 Å². The molecular formula is C19H16ClNO2. The second-order valence-corrected chi connectivity index (χ2v) is 5.68. The molecule has 0 saturated carbocycles. The molecule has 0 aliphatic rings. The third-order valence-electron chi connectivity index (χ3n) is 3.65. The number of hydrogen-bond acceptors (Lipinski definition) is 2. The van der Waals surface area contributed by atoms with Gasteiger partial charge in [-0.1, -0.05) is 35.9 Å². The molecule has 116 valence electrons. The maximum absolute atomic E-state index is 12.1. The molecule has 0 aliphatic heterocycles. The summed E-state index contributed by atoms with van der Waals surface area (Å²) in [5.74, 6) is 0.790. The quantitative estimate of drug-likeness (QED) is 0.719. The summed E-state index contributed by atoms with van der Waals surface area (Å²) in [6.07, 6.45) is 1.87. The second-order valence-electron chi connectivity index (χ2n) is 5.24. The predicted octanol–water partition coefficient (Wildman–Crippen LogP) is 4.23. The topological polar surface area (TPSA) is 31.2 Å². The van der Waals surface area contributed by atoms with Gasteiger partial charge in [-0.15, -0.1) is 0 Å². The van der Waals surface area contributed by atoms with Crippen molar-refractivity contribution < 1.29 is 4.74 Å². The first-order valence-corrected chi connectivity index (χ1v) is 7.63. The zero-order valence-electron chi connectivity index (χ0n) is 12.7. The normalized spacial score (nSPS) is 10.5. The van der Waals surface area contributed by atoms with E-state index in [1.807, 2.05) is 60.8 Å². The minimum atomic E-state index is -0.0356. The Labute approximate surface area is 139 Å². The number of hydrogen-bond donors (Lipinski definition) is 0. The van der Waals surface area contributed by atoms with Crippen LogP contribution in [0.2, 0.25) is 5.02 Å². The van der Waals surface area contributed by atoms with Gasteiger partial charge in [-0.05, 0) is 47.0 Å². The van der Waals surface area contributed by atoms with Gasteiger partial charge in [0.1, 0.15) is 5.75 Å².